The molecule has 2 atom stereocenters. The molecule has 2 aliphatic carbocycles. The first-order valence-electron chi connectivity index (χ1n) is 2.78. The highest BCUT2D eigenvalue weighted by atomic mass is 16.3. The summed E-state index contributed by atoms with van der Waals surface area (Å²) < 4.78 is 0. The van der Waals surface area contributed by atoms with Crippen molar-refractivity contribution in [2.45, 2.75) is 0 Å². The van der Waals surface area contributed by atoms with Gasteiger partial charge in [-0.25, -0.2) is 0 Å². The van der Waals surface area contributed by atoms with Crippen molar-refractivity contribution in [1.82, 2.24) is 0 Å². The molecule has 8 heavy (non-hydrogen) atoms. The van der Waals surface area contributed by atoms with Gasteiger partial charge in [0, 0.05) is 12.5 Å². The summed E-state index contributed by atoms with van der Waals surface area (Å²) in [6.45, 7) is 0. The van der Waals surface area contributed by atoms with E-state index in [1.165, 1.54) is 0 Å². The van der Waals surface area contributed by atoms with E-state index in [1.54, 1.807) is 12.5 Å². The third-order valence-electron chi connectivity index (χ3n) is 1.71. The predicted octanol–water partition coefficient (Wildman–Crippen LogP) is 0.251. The lowest BCUT2D eigenvalue weighted by molar-refractivity contribution is -0.297. The van der Waals surface area contributed by atoms with Gasteiger partial charge >= 0.3 is 0 Å². The quantitative estimate of drug-likeness (QED) is 0.320. The second-order valence-corrected chi connectivity index (χ2v) is 2.28. The summed E-state index contributed by atoms with van der Waals surface area (Å²) in [7, 11) is 0. The normalized spacial score (nSPS) is 39.8. The monoisotopic (exact) mass is 106 g/mol. The summed E-state index contributed by atoms with van der Waals surface area (Å²) in [5.74, 6) is 1.12. The van der Waals surface area contributed by atoms with E-state index < -0.39 is 0 Å². The summed E-state index contributed by atoms with van der Waals surface area (Å²) in [6, 6.07) is 0. The van der Waals surface area contributed by atoms with Crippen LogP contribution < -0.4 is 5.11 Å². The molecule has 0 aromatic heterocycles. The zero-order valence-electron chi connectivity index (χ0n) is 4.37. The van der Waals surface area contributed by atoms with Gasteiger partial charge in [0.1, 0.15) is 0 Å². The molecule has 0 aromatic carbocycles. The van der Waals surface area contributed by atoms with Gasteiger partial charge in [-0.05, 0) is 0 Å². The average molecular weight is 106 g/mol. The van der Waals surface area contributed by atoms with Crippen molar-refractivity contribution in [3.63, 3.8) is 0 Å². The molecule has 0 aromatic rings. The standard InChI is InChI=1S/C7H6O/c8-7-3-5-1-2-6(5)4-7/h1-6H. The third-order valence-corrected chi connectivity index (χ3v) is 1.71. The number of fused-ring (bicyclic) bond motifs is 1. The Kier molecular flexibility index (Phi) is 0.562. The lowest BCUT2D eigenvalue weighted by Crippen LogP contribution is -2.11. The molecule has 0 heterocycles. The lowest BCUT2D eigenvalue weighted by Gasteiger charge is -2.12. The number of hydrogen-bond donors (Lipinski definition) is 0. The fraction of sp³-hybridized carbons (Fsp3) is 0.286. The van der Waals surface area contributed by atoms with Crippen LogP contribution in [-0.2, 0) is 0 Å². The predicted molar refractivity (Wildman–Crippen MR) is 28.5 cm³/mol. The molecule has 2 unspecified atom stereocenters. The fourth-order valence-electron chi connectivity index (χ4n) is 1.14. The van der Waals surface area contributed by atoms with Gasteiger partial charge in [-0.1, -0.05) is 12.2 Å². The summed E-state index contributed by atoms with van der Waals surface area (Å²) in [5.41, 5.74) is 0. The highest BCUT2D eigenvalue weighted by Crippen LogP contribution is 2.36. The molecule has 0 amide bonds. The minimum absolute atomic E-state index is 0.199. The van der Waals surface area contributed by atoms with Crippen molar-refractivity contribution in [3.8, 4) is 0 Å². The first kappa shape index (κ1) is 4.07. The van der Waals surface area contributed by atoms with Crippen molar-refractivity contribution in [2.75, 3.05) is 0 Å². The maximum absolute atomic E-state index is 10.6. The highest BCUT2D eigenvalue weighted by Gasteiger charge is 2.34. The Morgan fingerprint density at radius 1 is 1.50 bits per heavy atom. The lowest BCUT2D eigenvalue weighted by atomic mass is 9.85. The Morgan fingerprint density at radius 3 is 2.62 bits per heavy atom. The van der Waals surface area contributed by atoms with Crippen LogP contribution in [0.1, 0.15) is 0 Å². The molecule has 0 fully saturated rings. The SMILES string of the molecule is [O-]C1=CC2C=CC2[CH+]1. The zero-order chi connectivity index (χ0) is 5.56. The van der Waals surface area contributed by atoms with Crippen molar-refractivity contribution >= 4 is 0 Å². The Morgan fingerprint density at radius 2 is 2.38 bits per heavy atom. The van der Waals surface area contributed by atoms with Crippen LogP contribution in [0.15, 0.2) is 24.0 Å². The van der Waals surface area contributed by atoms with E-state index in [1.807, 2.05) is 0 Å². The van der Waals surface area contributed by atoms with Crippen LogP contribution in [-0.4, -0.2) is 0 Å². The summed E-state index contributed by atoms with van der Waals surface area (Å²) >= 11 is 0. The van der Waals surface area contributed by atoms with Crippen LogP contribution in [0, 0.1) is 18.3 Å². The second-order valence-electron chi connectivity index (χ2n) is 2.28. The van der Waals surface area contributed by atoms with Gasteiger partial charge in [-0.15, -0.1) is 0 Å². The van der Waals surface area contributed by atoms with Gasteiger partial charge in [0.15, 0.2) is 0 Å². The van der Waals surface area contributed by atoms with E-state index in [9.17, 15) is 5.11 Å². The molecule has 0 saturated carbocycles. The Bertz CT molecular complexity index is 167. The molecular formula is C7H6O. The largest absolute Gasteiger partial charge is 0.842 e. The molecule has 1 nitrogen and oxygen atoms in total. The maximum atomic E-state index is 10.6. The van der Waals surface area contributed by atoms with Crippen molar-refractivity contribution in [1.29, 1.82) is 0 Å². The molecule has 2 rings (SSSR count). The average Bonchev–Trinajstić information content (AvgIpc) is 1.91. The first-order valence-corrected chi connectivity index (χ1v) is 2.78. The molecule has 40 valence electrons. The summed E-state index contributed by atoms with van der Waals surface area (Å²) in [4.78, 5) is 0. The zero-order valence-corrected chi connectivity index (χ0v) is 4.37. The van der Waals surface area contributed by atoms with E-state index in [4.69, 9.17) is 0 Å². The van der Waals surface area contributed by atoms with Crippen LogP contribution in [0.5, 0.6) is 0 Å². The molecule has 2 aliphatic rings. The maximum Gasteiger partial charge on any atom is 0.0881 e. The topological polar surface area (TPSA) is 23.1 Å². The van der Waals surface area contributed by atoms with Gasteiger partial charge in [-0.2, -0.15) is 0 Å². The van der Waals surface area contributed by atoms with E-state index in [-0.39, 0.29) is 5.76 Å². The fourth-order valence-corrected chi connectivity index (χ4v) is 1.14. The molecule has 0 N–H and O–H groups in total. The summed E-state index contributed by atoms with van der Waals surface area (Å²) in [6.07, 6.45) is 7.66. The Labute approximate surface area is 48.3 Å². The molecule has 0 aliphatic heterocycles. The van der Waals surface area contributed by atoms with E-state index in [2.05, 4.69) is 12.2 Å². The molecule has 0 spiro atoms. The molecule has 0 saturated heterocycles. The smallest absolute Gasteiger partial charge is 0.0881 e. The third kappa shape index (κ3) is 0.340. The van der Waals surface area contributed by atoms with E-state index >= 15 is 0 Å². The molecule has 0 bridgehead atoms. The van der Waals surface area contributed by atoms with Gasteiger partial charge in [0.25, 0.3) is 0 Å². The van der Waals surface area contributed by atoms with Gasteiger partial charge in [0.05, 0.1) is 17.6 Å². The summed E-state index contributed by atoms with van der Waals surface area (Å²) in [5, 5.41) is 10.6. The van der Waals surface area contributed by atoms with Crippen LogP contribution in [0.2, 0.25) is 0 Å². The van der Waals surface area contributed by atoms with E-state index in [0.717, 1.165) is 0 Å². The van der Waals surface area contributed by atoms with Crippen LogP contribution in [0.25, 0.3) is 0 Å². The first-order chi connectivity index (χ1) is 3.86. The van der Waals surface area contributed by atoms with Crippen LogP contribution in [0.3, 0.4) is 0 Å². The minimum Gasteiger partial charge on any atom is -0.842 e. The van der Waals surface area contributed by atoms with Gasteiger partial charge in [0.2, 0.25) is 0 Å². The Balaban J connectivity index is 2.24. The van der Waals surface area contributed by atoms with Crippen molar-refractivity contribution < 1.29 is 5.11 Å². The van der Waals surface area contributed by atoms with Crippen LogP contribution >= 0.6 is 0 Å². The van der Waals surface area contributed by atoms with E-state index in [0.29, 0.717) is 11.8 Å². The van der Waals surface area contributed by atoms with Gasteiger partial charge < -0.3 is 5.11 Å². The Hall–Kier alpha value is -0.850. The number of hydrogen-bond acceptors (Lipinski definition) is 1. The second kappa shape index (κ2) is 1.10. The minimum atomic E-state index is 0.199. The molecule has 1 heteroatoms. The van der Waals surface area contributed by atoms with Crippen LogP contribution in [0.4, 0.5) is 0 Å². The van der Waals surface area contributed by atoms with Gasteiger partial charge in [-0.3, -0.25) is 0 Å². The number of allylic oxidation sites excluding steroid dienone is 4. The molecular weight excluding hydrogens is 100 g/mol. The number of rotatable bonds is 0. The van der Waals surface area contributed by atoms with Crippen molar-refractivity contribution in [2.24, 2.45) is 11.8 Å². The highest BCUT2D eigenvalue weighted by molar-refractivity contribution is 5.32. The van der Waals surface area contributed by atoms with Crippen molar-refractivity contribution in [3.05, 3.63) is 30.4 Å². The molecule has 0 radical (unpaired) electrons.